The van der Waals surface area contributed by atoms with Gasteiger partial charge in [-0.3, -0.25) is 0 Å². The Balaban J connectivity index is 3.12. The number of sulfonamides is 1. The zero-order valence-corrected chi connectivity index (χ0v) is 13.4. The van der Waals surface area contributed by atoms with Crippen LogP contribution in [-0.4, -0.2) is 26.0 Å². The first-order chi connectivity index (χ1) is 9.56. The van der Waals surface area contributed by atoms with Crippen molar-refractivity contribution in [3.8, 4) is 0 Å². The normalized spacial score (nSPS) is 13.4. The molecule has 1 aromatic rings. The predicted octanol–water partition coefficient (Wildman–Crippen LogP) is 2.75. The second-order valence-corrected chi connectivity index (χ2v) is 7.29. The van der Waals surface area contributed by atoms with Crippen molar-refractivity contribution in [1.82, 2.24) is 4.72 Å². The van der Waals surface area contributed by atoms with Crippen LogP contribution in [0.3, 0.4) is 0 Å². The van der Waals surface area contributed by atoms with Gasteiger partial charge in [-0.2, -0.15) is 0 Å². The van der Waals surface area contributed by atoms with E-state index in [1.165, 1.54) is 0 Å². The quantitative estimate of drug-likeness (QED) is 0.836. The van der Waals surface area contributed by atoms with Crippen molar-refractivity contribution >= 4 is 27.6 Å². The van der Waals surface area contributed by atoms with E-state index in [1.807, 2.05) is 20.8 Å². The van der Waals surface area contributed by atoms with Crippen LogP contribution in [0.2, 0.25) is 5.02 Å². The largest absolute Gasteiger partial charge is 0.478 e. The van der Waals surface area contributed by atoms with Crippen LogP contribution < -0.4 is 4.72 Å². The third-order valence-corrected chi connectivity index (χ3v) is 5.06. The highest BCUT2D eigenvalue weighted by Crippen LogP contribution is 2.24. The molecule has 0 heterocycles. The van der Waals surface area contributed by atoms with Crippen LogP contribution in [0, 0.1) is 17.7 Å². The lowest BCUT2D eigenvalue weighted by Crippen LogP contribution is -2.30. The molecule has 1 aromatic carbocycles. The van der Waals surface area contributed by atoms with Gasteiger partial charge in [-0.1, -0.05) is 32.4 Å². The Bertz CT molecular complexity index is 646. The summed E-state index contributed by atoms with van der Waals surface area (Å²) in [5, 5.41) is 8.29. The van der Waals surface area contributed by atoms with Gasteiger partial charge in [0.05, 0.1) is 15.5 Å². The van der Waals surface area contributed by atoms with Crippen molar-refractivity contribution in [2.45, 2.75) is 25.7 Å². The number of carboxylic acid groups (broad SMARTS) is 1. The van der Waals surface area contributed by atoms with E-state index < -0.39 is 37.3 Å². The molecule has 0 aliphatic rings. The van der Waals surface area contributed by atoms with Crippen molar-refractivity contribution < 1.29 is 22.7 Å². The summed E-state index contributed by atoms with van der Waals surface area (Å²) in [5.41, 5.74) is -0.589. The summed E-state index contributed by atoms with van der Waals surface area (Å²) in [5.74, 6) is -2.24. The molecule has 0 bridgehead atoms. The van der Waals surface area contributed by atoms with Gasteiger partial charge >= 0.3 is 5.97 Å². The molecule has 8 heteroatoms. The Kier molecular flexibility index (Phi) is 5.72. The van der Waals surface area contributed by atoms with Gasteiger partial charge in [0.25, 0.3) is 0 Å². The summed E-state index contributed by atoms with van der Waals surface area (Å²) in [6.45, 7) is 5.94. The maximum atomic E-state index is 13.6. The Morgan fingerprint density at radius 1 is 1.38 bits per heavy atom. The Hall–Kier alpha value is -1.18. The maximum Gasteiger partial charge on any atom is 0.337 e. The molecule has 0 saturated heterocycles. The van der Waals surface area contributed by atoms with Gasteiger partial charge in [0.2, 0.25) is 10.0 Å². The van der Waals surface area contributed by atoms with Crippen LogP contribution in [0.4, 0.5) is 4.39 Å². The van der Waals surface area contributed by atoms with Gasteiger partial charge in [0, 0.05) is 6.54 Å². The number of nitrogens with one attached hydrogen (secondary N) is 1. The van der Waals surface area contributed by atoms with E-state index in [0.717, 1.165) is 6.07 Å². The number of carboxylic acids is 1. The maximum absolute atomic E-state index is 13.6. The van der Waals surface area contributed by atoms with E-state index >= 15 is 0 Å². The van der Waals surface area contributed by atoms with Crippen LogP contribution in [0.15, 0.2) is 17.0 Å². The zero-order chi connectivity index (χ0) is 16.4. The monoisotopic (exact) mass is 337 g/mol. The summed E-state index contributed by atoms with van der Waals surface area (Å²) < 4.78 is 40.1. The Morgan fingerprint density at radius 3 is 2.43 bits per heavy atom. The fourth-order valence-corrected chi connectivity index (χ4v) is 2.81. The average Bonchev–Trinajstić information content (AvgIpc) is 2.38. The van der Waals surface area contributed by atoms with E-state index in [-0.39, 0.29) is 18.4 Å². The number of hydrogen-bond donors (Lipinski definition) is 2. The van der Waals surface area contributed by atoms with Crippen molar-refractivity contribution in [2.75, 3.05) is 6.54 Å². The zero-order valence-electron chi connectivity index (χ0n) is 11.9. The minimum absolute atomic E-state index is 0.0795. The van der Waals surface area contributed by atoms with E-state index in [0.29, 0.717) is 6.07 Å². The summed E-state index contributed by atoms with van der Waals surface area (Å²) in [7, 11) is -4.00. The average molecular weight is 338 g/mol. The van der Waals surface area contributed by atoms with Gasteiger partial charge in [0.15, 0.2) is 0 Å². The molecule has 0 amide bonds. The summed E-state index contributed by atoms with van der Waals surface area (Å²) in [6, 6.07) is 1.55. The van der Waals surface area contributed by atoms with Gasteiger partial charge in [-0.15, -0.1) is 0 Å². The van der Waals surface area contributed by atoms with E-state index in [9.17, 15) is 17.6 Å². The van der Waals surface area contributed by atoms with E-state index in [4.69, 9.17) is 16.7 Å². The number of halogens is 2. The van der Waals surface area contributed by atoms with Gasteiger partial charge in [-0.05, 0) is 24.0 Å². The molecule has 0 aliphatic carbocycles. The van der Waals surface area contributed by atoms with Gasteiger partial charge in [-0.25, -0.2) is 22.3 Å². The minimum Gasteiger partial charge on any atom is -0.478 e. The second-order valence-electron chi connectivity index (χ2n) is 5.14. The molecule has 0 aromatic heterocycles. The van der Waals surface area contributed by atoms with Crippen LogP contribution >= 0.6 is 11.6 Å². The molecule has 0 spiro atoms. The molecule has 0 radical (unpaired) electrons. The third kappa shape index (κ3) is 4.39. The van der Waals surface area contributed by atoms with Crippen LogP contribution in [0.25, 0.3) is 0 Å². The molecular formula is C13H17ClFNO4S. The lowest BCUT2D eigenvalue weighted by molar-refractivity contribution is 0.0696. The molecule has 2 N–H and O–H groups in total. The van der Waals surface area contributed by atoms with Crippen LogP contribution in [0.1, 0.15) is 31.1 Å². The third-order valence-electron chi connectivity index (χ3n) is 3.28. The SMILES string of the molecule is CC(C)C(C)CNS(=O)(=O)c1cc(F)c(Cl)c(C(=O)O)c1. The van der Waals surface area contributed by atoms with Crippen molar-refractivity contribution in [2.24, 2.45) is 11.8 Å². The second kappa shape index (κ2) is 6.72. The van der Waals surface area contributed by atoms with Gasteiger partial charge in [0.1, 0.15) is 5.82 Å². The number of carbonyl (C=O) groups is 1. The summed E-state index contributed by atoms with van der Waals surface area (Å²) in [6.07, 6.45) is 0. The van der Waals surface area contributed by atoms with Crippen molar-refractivity contribution in [1.29, 1.82) is 0 Å². The van der Waals surface area contributed by atoms with Crippen LogP contribution in [0.5, 0.6) is 0 Å². The molecular weight excluding hydrogens is 321 g/mol. The van der Waals surface area contributed by atoms with E-state index in [1.54, 1.807) is 0 Å². The molecule has 1 rings (SSSR count). The molecule has 5 nitrogen and oxygen atoms in total. The van der Waals surface area contributed by atoms with E-state index in [2.05, 4.69) is 4.72 Å². The molecule has 1 unspecified atom stereocenters. The number of aromatic carboxylic acids is 1. The smallest absolute Gasteiger partial charge is 0.337 e. The highest BCUT2D eigenvalue weighted by molar-refractivity contribution is 7.89. The molecule has 21 heavy (non-hydrogen) atoms. The molecule has 0 fully saturated rings. The highest BCUT2D eigenvalue weighted by atomic mass is 35.5. The molecule has 0 saturated carbocycles. The van der Waals surface area contributed by atoms with Crippen molar-refractivity contribution in [3.05, 3.63) is 28.5 Å². The van der Waals surface area contributed by atoms with Crippen molar-refractivity contribution in [3.63, 3.8) is 0 Å². The predicted molar refractivity (Wildman–Crippen MR) is 77.6 cm³/mol. The fraction of sp³-hybridized carbons (Fsp3) is 0.462. The standard InChI is InChI=1S/C13H17ClFNO4S/c1-7(2)8(3)6-16-21(19,20)9-4-10(13(17)18)12(14)11(15)5-9/h4-5,7-8,16H,6H2,1-3H3,(H,17,18). The first-order valence-corrected chi connectivity index (χ1v) is 8.14. The summed E-state index contributed by atoms with van der Waals surface area (Å²) >= 11 is 5.51. The fourth-order valence-electron chi connectivity index (χ4n) is 1.44. The Labute approximate surface area is 128 Å². The molecule has 0 aliphatic heterocycles. The number of hydrogen-bond acceptors (Lipinski definition) is 3. The topological polar surface area (TPSA) is 83.5 Å². The lowest BCUT2D eigenvalue weighted by atomic mass is 9.99. The minimum atomic E-state index is -4.00. The lowest BCUT2D eigenvalue weighted by Gasteiger charge is -2.16. The van der Waals surface area contributed by atoms with Crippen LogP contribution in [-0.2, 0) is 10.0 Å². The Morgan fingerprint density at radius 2 is 1.95 bits per heavy atom. The highest BCUT2D eigenvalue weighted by Gasteiger charge is 2.22. The summed E-state index contributed by atoms with van der Waals surface area (Å²) in [4.78, 5) is 10.5. The van der Waals surface area contributed by atoms with Gasteiger partial charge < -0.3 is 5.11 Å². The molecule has 118 valence electrons. The number of benzene rings is 1. The molecule has 1 atom stereocenters. The first kappa shape index (κ1) is 17.9. The first-order valence-electron chi connectivity index (χ1n) is 6.28. The number of rotatable bonds is 6.